The summed E-state index contributed by atoms with van der Waals surface area (Å²) in [5, 5.41) is 3.02. The van der Waals surface area contributed by atoms with Gasteiger partial charge in [-0.3, -0.25) is 9.59 Å². The minimum Gasteiger partial charge on any atom is -0.342 e. The first-order chi connectivity index (χ1) is 15.0. The first kappa shape index (κ1) is 23.3. The number of carbonyl (C=O) groups excluding carboxylic acids is 2. The number of aryl methyl sites for hydroxylation is 1. The molecule has 31 heavy (non-hydrogen) atoms. The number of carbonyl (C=O) groups is 2. The number of amides is 2. The molecule has 1 aromatic carbocycles. The molecule has 5 nitrogen and oxygen atoms in total. The summed E-state index contributed by atoms with van der Waals surface area (Å²) in [5.74, 6) is 2.92. The number of piperidine rings is 1. The van der Waals surface area contributed by atoms with Crippen molar-refractivity contribution in [3.63, 3.8) is 0 Å². The van der Waals surface area contributed by atoms with Crippen LogP contribution in [0.25, 0.3) is 0 Å². The van der Waals surface area contributed by atoms with Crippen LogP contribution in [0.15, 0.2) is 30.3 Å². The zero-order valence-corrected chi connectivity index (χ0v) is 19.1. The van der Waals surface area contributed by atoms with Crippen molar-refractivity contribution in [2.24, 2.45) is 5.92 Å². The second-order valence-electron chi connectivity index (χ2n) is 9.45. The second kappa shape index (κ2) is 10.8. The minimum absolute atomic E-state index is 0.0133. The van der Waals surface area contributed by atoms with Gasteiger partial charge in [-0.05, 0) is 56.6 Å². The number of hydrogen-bond acceptors (Lipinski definition) is 3. The first-order valence-electron chi connectivity index (χ1n) is 11.8. The van der Waals surface area contributed by atoms with E-state index in [1.165, 1.54) is 18.4 Å². The molecule has 3 rings (SSSR count). The fraction of sp³-hybridized carbons (Fsp3) is 0.615. The van der Waals surface area contributed by atoms with Gasteiger partial charge in [0.25, 0.3) is 0 Å². The van der Waals surface area contributed by atoms with E-state index in [4.69, 9.17) is 6.42 Å². The molecule has 5 heteroatoms. The number of unbranched alkanes of at least 4 members (excludes halogenated alkanes) is 2. The Balaban J connectivity index is 1.49. The molecular weight excluding hydrogens is 386 g/mol. The van der Waals surface area contributed by atoms with E-state index in [1.807, 2.05) is 0 Å². The summed E-state index contributed by atoms with van der Waals surface area (Å²) in [5.41, 5.74) is 0.626. The van der Waals surface area contributed by atoms with Crippen LogP contribution < -0.4 is 5.32 Å². The molecule has 2 aliphatic heterocycles. The summed E-state index contributed by atoms with van der Waals surface area (Å²) >= 11 is 0. The highest BCUT2D eigenvalue weighted by Crippen LogP contribution is 2.33. The minimum atomic E-state index is -0.777. The summed E-state index contributed by atoms with van der Waals surface area (Å²) in [6.45, 7) is 7.04. The average Bonchev–Trinajstić information content (AvgIpc) is 2.76. The van der Waals surface area contributed by atoms with E-state index in [0.29, 0.717) is 25.2 Å². The van der Waals surface area contributed by atoms with Gasteiger partial charge in [0.2, 0.25) is 11.8 Å². The van der Waals surface area contributed by atoms with Gasteiger partial charge in [-0.2, -0.15) is 0 Å². The zero-order valence-electron chi connectivity index (χ0n) is 19.1. The molecule has 0 unspecified atom stereocenters. The van der Waals surface area contributed by atoms with Crippen LogP contribution in [0.2, 0.25) is 0 Å². The predicted octanol–water partition coefficient (Wildman–Crippen LogP) is 3.24. The van der Waals surface area contributed by atoms with E-state index < -0.39 is 11.6 Å². The number of hydrogen-bond donors (Lipinski definition) is 1. The highest BCUT2D eigenvalue weighted by molar-refractivity contribution is 6.00. The fourth-order valence-corrected chi connectivity index (χ4v) is 4.96. The molecule has 168 valence electrons. The van der Waals surface area contributed by atoms with Crippen LogP contribution in [0.4, 0.5) is 0 Å². The molecular formula is C26H37N3O2. The highest BCUT2D eigenvalue weighted by Gasteiger charge is 2.53. The smallest absolute Gasteiger partial charge is 0.246 e. The summed E-state index contributed by atoms with van der Waals surface area (Å²) in [7, 11) is 0. The maximum absolute atomic E-state index is 13.1. The third kappa shape index (κ3) is 5.68. The van der Waals surface area contributed by atoms with Gasteiger partial charge in [-0.15, -0.1) is 6.42 Å². The molecule has 1 spiro atoms. The van der Waals surface area contributed by atoms with Crippen molar-refractivity contribution < 1.29 is 9.59 Å². The van der Waals surface area contributed by atoms with Crippen molar-refractivity contribution in [2.75, 3.05) is 26.2 Å². The molecule has 1 N–H and O–H groups in total. The molecule has 1 aromatic rings. The number of rotatable bonds is 9. The third-order valence-electron chi connectivity index (χ3n) is 6.73. The van der Waals surface area contributed by atoms with Crippen LogP contribution in [0, 0.1) is 18.3 Å². The van der Waals surface area contributed by atoms with Gasteiger partial charge in [0.1, 0.15) is 11.6 Å². The molecule has 0 aromatic heterocycles. The highest BCUT2D eigenvalue weighted by atomic mass is 16.2. The molecule has 0 radical (unpaired) electrons. The van der Waals surface area contributed by atoms with Crippen LogP contribution in [0.3, 0.4) is 0 Å². The molecule has 2 saturated heterocycles. The van der Waals surface area contributed by atoms with Crippen molar-refractivity contribution in [1.82, 2.24) is 15.1 Å². The van der Waals surface area contributed by atoms with Gasteiger partial charge in [0, 0.05) is 13.1 Å². The summed E-state index contributed by atoms with van der Waals surface area (Å²) in [4.78, 5) is 30.4. The number of nitrogens with zero attached hydrogens (tertiary/aromatic N) is 2. The third-order valence-corrected chi connectivity index (χ3v) is 6.73. The number of likely N-dealkylation sites (tertiary alicyclic amines) is 1. The van der Waals surface area contributed by atoms with E-state index in [2.05, 4.69) is 60.3 Å². The normalized spacial score (nSPS) is 21.4. The van der Waals surface area contributed by atoms with Crippen molar-refractivity contribution in [1.29, 1.82) is 0 Å². The van der Waals surface area contributed by atoms with Crippen molar-refractivity contribution in [2.45, 2.75) is 70.4 Å². The van der Waals surface area contributed by atoms with Crippen LogP contribution in [-0.2, 0) is 16.0 Å². The van der Waals surface area contributed by atoms with E-state index >= 15 is 0 Å². The topological polar surface area (TPSA) is 52.7 Å². The molecule has 2 amide bonds. The Labute approximate surface area is 187 Å². The van der Waals surface area contributed by atoms with Crippen LogP contribution in [0.1, 0.15) is 57.9 Å². The Kier molecular flexibility index (Phi) is 8.15. The predicted molar refractivity (Wildman–Crippen MR) is 124 cm³/mol. The second-order valence-corrected chi connectivity index (χ2v) is 9.45. The van der Waals surface area contributed by atoms with Crippen molar-refractivity contribution in [3.05, 3.63) is 35.9 Å². The molecule has 2 fully saturated rings. The van der Waals surface area contributed by atoms with E-state index in [1.54, 1.807) is 4.90 Å². The Morgan fingerprint density at radius 3 is 2.48 bits per heavy atom. The van der Waals surface area contributed by atoms with Gasteiger partial charge in [-0.1, -0.05) is 56.5 Å². The number of benzene rings is 1. The summed E-state index contributed by atoms with van der Waals surface area (Å²) in [6.07, 6.45) is 12.2. The molecule has 2 heterocycles. The Morgan fingerprint density at radius 2 is 1.84 bits per heavy atom. The summed E-state index contributed by atoms with van der Waals surface area (Å²) in [6, 6.07) is 10.2. The quantitative estimate of drug-likeness (QED) is 0.490. The standard InChI is InChI=1S/C26H37N3O2/c1-4-16-29-24(30)23(20-21(2)3)27-25(31)26(29)14-18-28(19-15-26)17-10-6-9-13-22-11-7-5-8-12-22/h1,5,7-8,11-12,21,23H,6,9-10,13-20H2,2-3H3,(H,27,31)/t23-/m0/s1. The Bertz CT molecular complexity index is 776. The fourth-order valence-electron chi connectivity index (χ4n) is 4.96. The molecule has 1 atom stereocenters. The zero-order chi connectivity index (χ0) is 22.3. The monoisotopic (exact) mass is 423 g/mol. The molecule has 0 aliphatic carbocycles. The number of nitrogens with one attached hydrogen (secondary N) is 1. The van der Waals surface area contributed by atoms with Gasteiger partial charge >= 0.3 is 0 Å². The molecule has 0 saturated carbocycles. The molecule has 2 aliphatic rings. The Morgan fingerprint density at radius 1 is 1.13 bits per heavy atom. The van der Waals surface area contributed by atoms with Gasteiger partial charge in [0.15, 0.2) is 0 Å². The molecule has 0 bridgehead atoms. The lowest BCUT2D eigenvalue weighted by molar-refractivity contribution is -0.160. The first-order valence-corrected chi connectivity index (χ1v) is 11.8. The lowest BCUT2D eigenvalue weighted by atomic mass is 9.81. The average molecular weight is 424 g/mol. The lowest BCUT2D eigenvalue weighted by Gasteiger charge is -2.51. The number of piperazine rings is 1. The van der Waals surface area contributed by atoms with Gasteiger partial charge < -0.3 is 15.1 Å². The SMILES string of the molecule is C#CCN1C(=O)[C@H](CC(C)C)NC(=O)C12CCN(CCCCCc1ccccc1)CC2. The van der Waals surface area contributed by atoms with Gasteiger partial charge in [0.05, 0.1) is 6.54 Å². The lowest BCUT2D eigenvalue weighted by Crippen LogP contribution is -2.73. The summed E-state index contributed by atoms with van der Waals surface area (Å²) < 4.78 is 0. The van der Waals surface area contributed by atoms with E-state index in [0.717, 1.165) is 32.5 Å². The van der Waals surface area contributed by atoms with Crippen LogP contribution >= 0.6 is 0 Å². The van der Waals surface area contributed by atoms with E-state index in [-0.39, 0.29) is 18.4 Å². The largest absolute Gasteiger partial charge is 0.342 e. The van der Waals surface area contributed by atoms with Crippen LogP contribution in [-0.4, -0.2) is 59.4 Å². The van der Waals surface area contributed by atoms with E-state index in [9.17, 15) is 9.59 Å². The Hall–Kier alpha value is -2.32. The van der Waals surface area contributed by atoms with Crippen molar-refractivity contribution in [3.8, 4) is 12.3 Å². The van der Waals surface area contributed by atoms with Crippen molar-refractivity contribution >= 4 is 11.8 Å². The number of terminal acetylenes is 1. The van der Waals surface area contributed by atoms with Crippen LogP contribution in [0.5, 0.6) is 0 Å². The maximum atomic E-state index is 13.1. The maximum Gasteiger partial charge on any atom is 0.246 e. The van der Waals surface area contributed by atoms with Gasteiger partial charge in [-0.25, -0.2) is 0 Å².